The summed E-state index contributed by atoms with van der Waals surface area (Å²) in [4.78, 5) is 22.6. The molecule has 2 atom stereocenters. The van der Waals surface area contributed by atoms with E-state index in [4.69, 9.17) is 11.6 Å². The minimum Gasteiger partial charge on any atom is -0.334 e. The smallest absolute Gasteiger partial charge is 0.274 e. The van der Waals surface area contributed by atoms with Crippen LogP contribution in [0.4, 0.5) is 0 Å². The van der Waals surface area contributed by atoms with E-state index in [1.807, 2.05) is 4.90 Å². The first-order chi connectivity index (χ1) is 9.25. The summed E-state index contributed by atoms with van der Waals surface area (Å²) in [5.41, 5.74) is 0.374. The van der Waals surface area contributed by atoms with Gasteiger partial charge >= 0.3 is 0 Å². The predicted octanol–water partition coefficient (Wildman–Crippen LogP) is 2.92. The zero-order valence-corrected chi connectivity index (χ0v) is 11.6. The summed E-state index contributed by atoms with van der Waals surface area (Å²) >= 11 is 5.82. The standard InChI is InChI=1S/C14H18ClN3O/c15-13-9-16-8-11(17-13)14(19)18-7-3-5-10-4-1-2-6-12(10)18/h8-10,12H,1-7H2. The third-order valence-electron chi connectivity index (χ3n) is 4.33. The van der Waals surface area contributed by atoms with E-state index in [0.717, 1.165) is 19.4 Å². The lowest BCUT2D eigenvalue weighted by atomic mass is 9.78. The highest BCUT2D eigenvalue weighted by Gasteiger charge is 2.36. The molecule has 2 heterocycles. The van der Waals surface area contributed by atoms with Crippen LogP contribution in [0.5, 0.6) is 0 Å². The number of amides is 1. The summed E-state index contributed by atoms with van der Waals surface area (Å²) in [6.45, 7) is 0.841. The Morgan fingerprint density at radius 2 is 2.00 bits per heavy atom. The van der Waals surface area contributed by atoms with Crippen molar-refractivity contribution in [1.29, 1.82) is 0 Å². The van der Waals surface area contributed by atoms with Crippen molar-refractivity contribution in [2.75, 3.05) is 6.54 Å². The van der Waals surface area contributed by atoms with Gasteiger partial charge in [0.05, 0.1) is 12.4 Å². The van der Waals surface area contributed by atoms with Gasteiger partial charge in [0.15, 0.2) is 0 Å². The number of likely N-dealkylation sites (tertiary alicyclic amines) is 1. The summed E-state index contributed by atoms with van der Waals surface area (Å²) in [5, 5.41) is 0.281. The fourth-order valence-electron chi connectivity index (χ4n) is 3.47. The summed E-state index contributed by atoms with van der Waals surface area (Å²) in [7, 11) is 0. The largest absolute Gasteiger partial charge is 0.334 e. The third kappa shape index (κ3) is 2.59. The van der Waals surface area contributed by atoms with Crippen molar-refractivity contribution in [3.05, 3.63) is 23.2 Å². The molecule has 19 heavy (non-hydrogen) atoms. The fourth-order valence-corrected chi connectivity index (χ4v) is 3.62. The Morgan fingerprint density at radius 1 is 1.21 bits per heavy atom. The number of fused-ring (bicyclic) bond motifs is 1. The highest BCUT2D eigenvalue weighted by molar-refractivity contribution is 6.29. The fraction of sp³-hybridized carbons (Fsp3) is 0.643. The van der Waals surface area contributed by atoms with Gasteiger partial charge in [-0.2, -0.15) is 0 Å². The molecule has 5 heteroatoms. The minimum absolute atomic E-state index is 0.00778. The maximum Gasteiger partial charge on any atom is 0.274 e. The van der Waals surface area contributed by atoms with Crippen molar-refractivity contribution in [3.63, 3.8) is 0 Å². The van der Waals surface area contributed by atoms with Crippen LogP contribution in [0.3, 0.4) is 0 Å². The maximum absolute atomic E-state index is 12.6. The SMILES string of the molecule is O=C(c1cncc(Cl)n1)N1CCCC2CCCCC21. The monoisotopic (exact) mass is 279 g/mol. The molecule has 2 unspecified atom stereocenters. The van der Waals surface area contributed by atoms with Crippen molar-refractivity contribution >= 4 is 17.5 Å². The van der Waals surface area contributed by atoms with Crippen molar-refractivity contribution < 1.29 is 4.79 Å². The molecule has 1 aromatic heterocycles. The molecule has 2 fully saturated rings. The highest BCUT2D eigenvalue weighted by atomic mass is 35.5. The molecule has 0 N–H and O–H groups in total. The van der Waals surface area contributed by atoms with Gasteiger partial charge in [0.25, 0.3) is 5.91 Å². The Hall–Kier alpha value is -1.16. The molecule has 2 aliphatic rings. The van der Waals surface area contributed by atoms with Crippen molar-refractivity contribution in [1.82, 2.24) is 14.9 Å². The molecule has 4 nitrogen and oxygen atoms in total. The molecule has 1 saturated carbocycles. The van der Waals surface area contributed by atoms with Gasteiger partial charge < -0.3 is 4.90 Å². The van der Waals surface area contributed by atoms with E-state index in [0.29, 0.717) is 17.7 Å². The Morgan fingerprint density at radius 3 is 2.84 bits per heavy atom. The third-order valence-corrected chi connectivity index (χ3v) is 4.51. The van der Waals surface area contributed by atoms with Gasteiger partial charge in [-0.25, -0.2) is 4.98 Å². The molecule has 1 aromatic rings. The zero-order chi connectivity index (χ0) is 13.2. The molecule has 0 radical (unpaired) electrons. The van der Waals surface area contributed by atoms with Crippen LogP contribution in [-0.4, -0.2) is 33.4 Å². The summed E-state index contributed by atoms with van der Waals surface area (Å²) < 4.78 is 0. The van der Waals surface area contributed by atoms with Gasteiger partial charge in [0, 0.05) is 12.6 Å². The average molecular weight is 280 g/mol. The topological polar surface area (TPSA) is 46.1 Å². The van der Waals surface area contributed by atoms with Crippen molar-refractivity contribution in [2.45, 2.75) is 44.6 Å². The van der Waals surface area contributed by atoms with E-state index in [-0.39, 0.29) is 11.1 Å². The Balaban J connectivity index is 1.82. The molecule has 1 aliphatic carbocycles. The second-order valence-electron chi connectivity index (χ2n) is 5.48. The first-order valence-electron chi connectivity index (χ1n) is 7.04. The van der Waals surface area contributed by atoms with E-state index in [1.54, 1.807) is 0 Å². The lowest BCUT2D eigenvalue weighted by Crippen LogP contribution is -2.49. The van der Waals surface area contributed by atoms with Crippen LogP contribution in [0.1, 0.15) is 49.0 Å². The second-order valence-corrected chi connectivity index (χ2v) is 5.87. The lowest BCUT2D eigenvalue weighted by Gasteiger charge is -2.43. The molecule has 3 rings (SSSR count). The van der Waals surface area contributed by atoms with Gasteiger partial charge in [-0.05, 0) is 31.6 Å². The van der Waals surface area contributed by atoms with Gasteiger partial charge in [-0.3, -0.25) is 9.78 Å². The van der Waals surface area contributed by atoms with E-state index in [1.165, 1.54) is 38.1 Å². The molecule has 1 saturated heterocycles. The van der Waals surface area contributed by atoms with E-state index >= 15 is 0 Å². The van der Waals surface area contributed by atoms with Crippen molar-refractivity contribution in [3.8, 4) is 0 Å². The van der Waals surface area contributed by atoms with Crippen LogP contribution < -0.4 is 0 Å². The lowest BCUT2D eigenvalue weighted by molar-refractivity contribution is 0.0385. The molecule has 102 valence electrons. The van der Waals surface area contributed by atoms with Crippen LogP contribution >= 0.6 is 11.6 Å². The molecular formula is C14H18ClN3O. The molecule has 0 bridgehead atoms. The minimum atomic E-state index is -0.00778. The number of carbonyl (C=O) groups is 1. The molecule has 0 spiro atoms. The Labute approximate surface area is 118 Å². The van der Waals surface area contributed by atoms with Crippen LogP contribution in [0, 0.1) is 5.92 Å². The normalized spacial score (nSPS) is 26.9. The number of aromatic nitrogens is 2. The van der Waals surface area contributed by atoms with Gasteiger partial charge in [-0.15, -0.1) is 0 Å². The van der Waals surface area contributed by atoms with Gasteiger partial charge in [0.1, 0.15) is 10.8 Å². The first kappa shape index (κ1) is 12.9. The second kappa shape index (κ2) is 5.45. The Kier molecular flexibility index (Phi) is 3.69. The summed E-state index contributed by atoms with van der Waals surface area (Å²) in [5.74, 6) is 0.671. The van der Waals surface area contributed by atoms with Crippen molar-refractivity contribution in [2.24, 2.45) is 5.92 Å². The predicted molar refractivity (Wildman–Crippen MR) is 73.1 cm³/mol. The zero-order valence-electron chi connectivity index (χ0n) is 10.9. The molecule has 1 amide bonds. The highest BCUT2D eigenvalue weighted by Crippen LogP contribution is 2.35. The van der Waals surface area contributed by atoms with Crippen LogP contribution in [-0.2, 0) is 0 Å². The number of nitrogens with zero attached hydrogens (tertiary/aromatic N) is 3. The number of hydrogen-bond donors (Lipinski definition) is 0. The average Bonchev–Trinajstić information content (AvgIpc) is 2.46. The Bertz CT molecular complexity index is 478. The quantitative estimate of drug-likeness (QED) is 0.794. The number of rotatable bonds is 1. The first-order valence-corrected chi connectivity index (χ1v) is 7.42. The molecular weight excluding hydrogens is 262 g/mol. The number of carbonyl (C=O) groups excluding carboxylic acids is 1. The van der Waals surface area contributed by atoms with Crippen LogP contribution in [0.2, 0.25) is 5.15 Å². The van der Waals surface area contributed by atoms with Gasteiger partial charge in [-0.1, -0.05) is 24.4 Å². The number of halogens is 1. The molecule has 0 aromatic carbocycles. The summed E-state index contributed by atoms with van der Waals surface area (Å²) in [6.07, 6.45) is 10.3. The summed E-state index contributed by atoms with van der Waals surface area (Å²) in [6, 6.07) is 0.399. The van der Waals surface area contributed by atoms with E-state index in [9.17, 15) is 4.79 Å². The van der Waals surface area contributed by atoms with Crippen LogP contribution in [0.15, 0.2) is 12.4 Å². The van der Waals surface area contributed by atoms with Gasteiger partial charge in [0.2, 0.25) is 0 Å². The number of hydrogen-bond acceptors (Lipinski definition) is 3. The maximum atomic E-state index is 12.6. The van der Waals surface area contributed by atoms with E-state index < -0.39 is 0 Å². The number of piperidine rings is 1. The van der Waals surface area contributed by atoms with Crippen LogP contribution in [0.25, 0.3) is 0 Å². The molecule has 1 aliphatic heterocycles. The van der Waals surface area contributed by atoms with E-state index in [2.05, 4.69) is 9.97 Å².